The number of fused-ring (bicyclic) bond motifs is 1. The number of carbonyl (C=O) groups excluding carboxylic acids is 1. The van der Waals surface area contributed by atoms with Gasteiger partial charge in [-0.25, -0.2) is 4.98 Å². The Kier molecular flexibility index (Phi) is 5.67. The minimum atomic E-state index is -0.0997. The maximum Gasteiger partial charge on any atom is 0.263 e. The average Bonchev–Trinajstić information content (AvgIpc) is 3.15. The lowest BCUT2D eigenvalue weighted by Crippen LogP contribution is -2.25. The first-order chi connectivity index (χ1) is 14.1. The molecule has 6 nitrogen and oxygen atoms in total. The third-order valence-corrected chi connectivity index (χ3v) is 5.85. The van der Waals surface area contributed by atoms with Crippen LogP contribution < -0.4 is 19.5 Å². The molecule has 0 spiro atoms. The maximum atomic E-state index is 12.6. The monoisotopic (exact) mass is 410 g/mol. The number of ether oxygens (including phenoxy) is 3. The first-order valence-electron chi connectivity index (χ1n) is 9.42. The van der Waals surface area contributed by atoms with Crippen LogP contribution in [0.4, 0.5) is 0 Å². The first kappa shape index (κ1) is 19.3. The van der Waals surface area contributed by atoms with Gasteiger partial charge in [-0.05, 0) is 55.3 Å². The molecule has 0 fully saturated rings. The number of rotatable bonds is 6. The van der Waals surface area contributed by atoms with Crippen LogP contribution in [0.1, 0.15) is 20.9 Å². The van der Waals surface area contributed by atoms with E-state index in [0.29, 0.717) is 31.1 Å². The van der Waals surface area contributed by atoms with Crippen LogP contribution in [0.25, 0.3) is 10.6 Å². The fraction of sp³-hybridized carbons (Fsp3) is 0.273. The molecule has 1 aliphatic rings. The van der Waals surface area contributed by atoms with Crippen LogP contribution in [0, 0.1) is 6.92 Å². The summed E-state index contributed by atoms with van der Waals surface area (Å²) in [6, 6.07) is 13.6. The fourth-order valence-corrected chi connectivity index (χ4v) is 4.10. The highest BCUT2D eigenvalue weighted by Gasteiger charge is 2.16. The van der Waals surface area contributed by atoms with E-state index in [-0.39, 0.29) is 5.91 Å². The van der Waals surface area contributed by atoms with Crippen molar-refractivity contribution in [1.29, 1.82) is 0 Å². The molecule has 1 aliphatic heterocycles. The highest BCUT2D eigenvalue weighted by atomic mass is 32.1. The topological polar surface area (TPSA) is 69.7 Å². The minimum absolute atomic E-state index is 0.0997. The summed E-state index contributed by atoms with van der Waals surface area (Å²) in [5.41, 5.74) is 2.79. The number of hydrogen-bond acceptors (Lipinski definition) is 6. The number of nitrogens with one attached hydrogen (secondary N) is 1. The van der Waals surface area contributed by atoms with Crippen molar-refractivity contribution in [2.75, 3.05) is 26.9 Å². The molecule has 0 radical (unpaired) electrons. The van der Waals surface area contributed by atoms with Crippen molar-refractivity contribution in [2.45, 2.75) is 13.3 Å². The van der Waals surface area contributed by atoms with Crippen LogP contribution >= 0.6 is 11.3 Å². The van der Waals surface area contributed by atoms with Crippen LogP contribution in [0.15, 0.2) is 42.5 Å². The van der Waals surface area contributed by atoms with Gasteiger partial charge in [-0.2, -0.15) is 0 Å². The van der Waals surface area contributed by atoms with Gasteiger partial charge >= 0.3 is 0 Å². The Morgan fingerprint density at radius 3 is 2.66 bits per heavy atom. The van der Waals surface area contributed by atoms with Crippen LogP contribution in [0.5, 0.6) is 17.2 Å². The van der Waals surface area contributed by atoms with Crippen molar-refractivity contribution in [1.82, 2.24) is 10.3 Å². The standard InChI is InChI=1S/C22H22N2O4S/c1-14-20(29-22(24-14)16-4-6-17(26-2)7-5-16)21(25)23-10-9-15-3-8-18-19(13-15)28-12-11-27-18/h3-8,13H,9-12H2,1-2H3,(H,23,25). The van der Waals surface area contributed by atoms with Gasteiger partial charge in [0.15, 0.2) is 11.5 Å². The molecule has 1 amide bonds. The zero-order valence-corrected chi connectivity index (χ0v) is 17.2. The van der Waals surface area contributed by atoms with Crippen molar-refractivity contribution >= 4 is 17.2 Å². The molecule has 1 N–H and O–H groups in total. The van der Waals surface area contributed by atoms with Gasteiger partial charge < -0.3 is 19.5 Å². The Labute approximate surface area is 173 Å². The quantitative estimate of drug-likeness (QED) is 0.668. The summed E-state index contributed by atoms with van der Waals surface area (Å²) in [7, 11) is 1.63. The highest BCUT2D eigenvalue weighted by Crippen LogP contribution is 2.31. The molecule has 0 atom stereocenters. The van der Waals surface area contributed by atoms with E-state index in [1.165, 1.54) is 11.3 Å². The fourth-order valence-electron chi connectivity index (χ4n) is 3.11. The average molecular weight is 410 g/mol. The molecular formula is C22H22N2O4S. The Morgan fingerprint density at radius 1 is 1.14 bits per heavy atom. The number of benzene rings is 2. The summed E-state index contributed by atoms with van der Waals surface area (Å²) in [4.78, 5) is 17.8. The van der Waals surface area contributed by atoms with E-state index < -0.39 is 0 Å². The molecule has 0 bridgehead atoms. The molecule has 4 rings (SSSR count). The molecule has 7 heteroatoms. The normalized spacial score (nSPS) is 12.5. The van der Waals surface area contributed by atoms with Gasteiger partial charge in [0, 0.05) is 12.1 Å². The Hall–Kier alpha value is -3.06. The number of aromatic nitrogens is 1. The third kappa shape index (κ3) is 4.35. The van der Waals surface area contributed by atoms with Crippen molar-refractivity contribution < 1.29 is 19.0 Å². The van der Waals surface area contributed by atoms with Crippen molar-refractivity contribution in [3.8, 4) is 27.8 Å². The predicted octanol–water partition coefficient (Wildman–Crippen LogP) is 3.87. The number of nitrogens with zero attached hydrogens (tertiary/aromatic N) is 1. The van der Waals surface area contributed by atoms with Crippen LogP contribution in [-0.4, -0.2) is 37.8 Å². The largest absolute Gasteiger partial charge is 0.497 e. The number of hydrogen-bond donors (Lipinski definition) is 1. The zero-order valence-electron chi connectivity index (χ0n) is 16.4. The molecule has 150 valence electrons. The molecule has 2 heterocycles. The van der Waals surface area contributed by atoms with E-state index in [2.05, 4.69) is 10.3 Å². The van der Waals surface area contributed by atoms with Gasteiger partial charge in [-0.15, -0.1) is 11.3 Å². The highest BCUT2D eigenvalue weighted by molar-refractivity contribution is 7.17. The summed E-state index contributed by atoms with van der Waals surface area (Å²) in [6.45, 7) is 3.54. The Bertz CT molecular complexity index is 1010. The lowest BCUT2D eigenvalue weighted by atomic mass is 10.1. The second-order valence-corrected chi connectivity index (χ2v) is 7.65. The molecule has 0 unspecified atom stereocenters. The number of thiazole rings is 1. The molecule has 0 aliphatic carbocycles. The lowest BCUT2D eigenvalue weighted by Gasteiger charge is -2.18. The lowest BCUT2D eigenvalue weighted by molar-refractivity contribution is 0.0957. The molecule has 1 aromatic heterocycles. The van der Waals surface area contributed by atoms with E-state index in [9.17, 15) is 4.79 Å². The van der Waals surface area contributed by atoms with Crippen LogP contribution in [0.3, 0.4) is 0 Å². The SMILES string of the molecule is COc1ccc(-c2nc(C)c(C(=O)NCCc3ccc4c(c3)OCCO4)s2)cc1. The molecule has 0 saturated heterocycles. The number of carbonyl (C=O) groups is 1. The molecule has 0 saturated carbocycles. The minimum Gasteiger partial charge on any atom is -0.497 e. The summed E-state index contributed by atoms with van der Waals surface area (Å²) >= 11 is 1.40. The second-order valence-electron chi connectivity index (χ2n) is 6.65. The summed E-state index contributed by atoms with van der Waals surface area (Å²) in [5.74, 6) is 2.23. The van der Waals surface area contributed by atoms with Crippen LogP contribution in [0.2, 0.25) is 0 Å². The smallest absolute Gasteiger partial charge is 0.263 e. The third-order valence-electron chi connectivity index (χ3n) is 4.65. The molecule has 3 aromatic rings. The van der Waals surface area contributed by atoms with E-state index >= 15 is 0 Å². The van der Waals surface area contributed by atoms with Gasteiger partial charge in [0.1, 0.15) is 28.8 Å². The van der Waals surface area contributed by atoms with Gasteiger partial charge in [-0.3, -0.25) is 4.79 Å². The summed E-state index contributed by atoms with van der Waals surface area (Å²) in [5, 5.41) is 3.81. The Balaban J connectivity index is 1.38. The van der Waals surface area contributed by atoms with Crippen LogP contribution in [-0.2, 0) is 6.42 Å². The summed E-state index contributed by atoms with van der Waals surface area (Å²) < 4.78 is 16.3. The molecule has 2 aromatic carbocycles. The maximum absolute atomic E-state index is 12.6. The van der Waals surface area contributed by atoms with Gasteiger partial charge in [0.25, 0.3) is 5.91 Å². The molecular weight excluding hydrogens is 388 g/mol. The van der Waals surface area contributed by atoms with E-state index in [1.807, 2.05) is 49.4 Å². The Morgan fingerprint density at radius 2 is 1.90 bits per heavy atom. The van der Waals surface area contributed by atoms with Gasteiger partial charge in [0.05, 0.1) is 12.8 Å². The van der Waals surface area contributed by atoms with Crippen molar-refractivity contribution in [3.05, 3.63) is 58.6 Å². The summed E-state index contributed by atoms with van der Waals surface area (Å²) in [6.07, 6.45) is 0.714. The predicted molar refractivity (Wildman–Crippen MR) is 112 cm³/mol. The van der Waals surface area contributed by atoms with E-state index in [4.69, 9.17) is 14.2 Å². The number of aryl methyl sites for hydroxylation is 1. The van der Waals surface area contributed by atoms with E-state index in [1.54, 1.807) is 7.11 Å². The zero-order chi connectivity index (χ0) is 20.2. The van der Waals surface area contributed by atoms with Crippen molar-refractivity contribution in [3.63, 3.8) is 0 Å². The van der Waals surface area contributed by atoms with Crippen molar-refractivity contribution in [2.24, 2.45) is 0 Å². The van der Waals surface area contributed by atoms with E-state index in [0.717, 1.165) is 39.1 Å². The molecule has 29 heavy (non-hydrogen) atoms. The first-order valence-corrected chi connectivity index (χ1v) is 10.2. The van der Waals surface area contributed by atoms with Gasteiger partial charge in [0.2, 0.25) is 0 Å². The van der Waals surface area contributed by atoms with Gasteiger partial charge in [-0.1, -0.05) is 6.07 Å². The number of methoxy groups -OCH3 is 1. The number of amides is 1. The second kappa shape index (κ2) is 8.53.